The van der Waals surface area contributed by atoms with Gasteiger partial charge in [0.15, 0.2) is 6.10 Å². The molecule has 0 unspecified atom stereocenters. The number of carbonyl (C=O) groups excluding carboxylic acids is 1. The summed E-state index contributed by atoms with van der Waals surface area (Å²) in [6.45, 7) is 5.13. The first-order valence-corrected chi connectivity index (χ1v) is 8.91. The average molecular weight is 358 g/mol. The van der Waals surface area contributed by atoms with Gasteiger partial charge < -0.3 is 15.0 Å². The van der Waals surface area contributed by atoms with Gasteiger partial charge in [0.25, 0.3) is 5.91 Å². The van der Waals surface area contributed by atoms with Crippen LogP contribution in [0, 0.1) is 6.92 Å². The third kappa shape index (κ3) is 3.10. The zero-order valence-corrected chi connectivity index (χ0v) is 14.8. The number of halogens is 1. The molecule has 1 N–H and O–H groups in total. The van der Waals surface area contributed by atoms with Crippen LogP contribution in [0.15, 0.2) is 30.6 Å². The predicted molar refractivity (Wildman–Crippen MR) is 97.0 cm³/mol. The third-order valence-corrected chi connectivity index (χ3v) is 5.03. The van der Waals surface area contributed by atoms with E-state index in [1.165, 1.54) is 0 Å². The van der Waals surface area contributed by atoms with Crippen LogP contribution in [-0.2, 0) is 11.2 Å². The fourth-order valence-electron chi connectivity index (χ4n) is 3.53. The average Bonchev–Trinajstić information content (AvgIpc) is 3.05. The number of ether oxygens (including phenoxy) is 1. The molecule has 2 aromatic rings. The van der Waals surface area contributed by atoms with E-state index in [-0.39, 0.29) is 5.91 Å². The minimum atomic E-state index is -0.465. The first kappa shape index (κ1) is 16.4. The highest BCUT2D eigenvalue weighted by Crippen LogP contribution is 2.42. The number of nitrogens with one attached hydrogen (secondary N) is 1. The van der Waals surface area contributed by atoms with E-state index in [9.17, 15) is 4.79 Å². The highest BCUT2D eigenvalue weighted by Gasteiger charge is 2.34. The lowest BCUT2D eigenvalue weighted by Crippen LogP contribution is -2.50. The van der Waals surface area contributed by atoms with E-state index in [4.69, 9.17) is 16.3 Å². The van der Waals surface area contributed by atoms with Crippen molar-refractivity contribution in [2.45, 2.75) is 19.4 Å². The van der Waals surface area contributed by atoms with Crippen LogP contribution in [0.3, 0.4) is 0 Å². The van der Waals surface area contributed by atoms with Crippen LogP contribution in [0.4, 0.5) is 0 Å². The molecule has 0 aliphatic carbocycles. The van der Waals surface area contributed by atoms with Crippen molar-refractivity contribution in [2.24, 2.45) is 0 Å². The van der Waals surface area contributed by atoms with Gasteiger partial charge in [-0.1, -0.05) is 11.6 Å². The molecule has 3 heterocycles. The van der Waals surface area contributed by atoms with E-state index in [0.717, 1.165) is 54.2 Å². The van der Waals surface area contributed by atoms with Crippen LogP contribution in [0.1, 0.15) is 11.1 Å². The summed E-state index contributed by atoms with van der Waals surface area (Å²) in [6, 6.07) is 5.76. The lowest BCUT2D eigenvalue weighted by Gasteiger charge is -2.29. The lowest BCUT2D eigenvalue weighted by molar-refractivity contribution is -0.138. The number of pyridine rings is 1. The molecule has 0 saturated carbocycles. The summed E-state index contributed by atoms with van der Waals surface area (Å²) < 4.78 is 6.13. The van der Waals surface area contributed by atoms with Crippen molar-refractivity contribution in [3.63, 3.8) is 0 Å². The Hall–Kier alpha value is -2.11. The Balaban J connectivity index is 1.66. The minimum absolute atomic E-state index is 0.0613. The zero-order valence-electron chi connectivity index (χ0n) is 14.1. The van der Waals surface area contributed by atoms with Crippen molar-refractivity contribution < 1.29 is 9.53 Å². The fraction of sp³-hybridized carbons (Fsp3) is 0.368. The fourth-order valence-corrected chi connectivity index (χ4v) is 3.77. The molecular weight excluding hydrogens is 338 g/mol. The molecule has 25 heavy (non-hydrogen) atoms. The molecular formula is C19H20ClN3O2. The van der Waals surface area contributed by atoms with Gasteiger partial charge in [-0.2, -0.15) is 0 Å². The predicted octanol–water partition coefficient (Wildman–Crippen LogP) is 2.45. The normalized spacial score (nSPS) is 19.4. The van der Waals surface area contributed by atoms with Crippen LogP contribution >= 0.6 is 11.6 Å². The molecule has 0 bridgehead atoms. The molecule has 4 rings (SSSR count). The van der Waals surface area contributed by atoms with Crippen molar-refractivity contribution in [2.75, 3.05) is 26.2 Å². The molecule has 1 atom stereocenters. The van der Waals surface area contributed by atoms with Crippen molar-refractivity contribution >= 4 is 17.5 Å². The number of benzene rings is 1. The molecule has 1 aromatic carbocycles. The van der Waals surface area contributed by atoms with Crippen LogP contribution in [0.5, 0.6) is 5.75 Å². The van der Waals surface area contributed by atoms with E-state index >= 15 is 0 Å². The second kappa shape index (κ2) is 6.65. The quantitative estimate of drug-likeness (QED) is 0.897. The highest BCUT2D eigenvalue weighted by molar-refractivity contribution is 6.31. The topological polar surface area (TPSA) is 54.5 Å². The largest absolute Gasteiger partial charge is 0.479 e. The highest BCUT2D eigenvalue weighted by atomic mass is 35.5. The summed E-state index contributed by atoms with van der Waals surface area (Å²) in [5.74, 6) is 0.832. The summed E-state index contributed by atoms with van der Waals surface area (Å²) in [5, 5.41) is 3.92. The Morgan fingerprint density at radius 2 is 2.12 bits per heavy atom. The first-order valence-electron chi connectivity index (χ1n) is 8.53. The molecule has 6 heteroatoms. The minimum Gasteiger partial charge on any atom is -0.479 e. The summed E-state index contributed by atoms with van der Waals surface area (Å²) in [4.78, 5) is 18.8. The van der Waals surface area contributed by atoms with Gasteiger partial charge in [-0.05, 0) is 36.2 Å². The number of fused-ring (bicyclic) bond motifs is 1. The first-order chi connectivity index (χ1) is 12.1. The summed E-state index contributed by atoms with van der Waals surface area (Å²) in [5.41, 5.74) is 4.00. The number of aromatic nitrogens is 1. The number of piperazine rings is 1. The Labute approximate surface area is 152 Å². The number of nitrogens with zero attached hydrogens (tertiary/aromatic N) is 2. The van der Waals surface area contributed by atoms with E-state index in [2.05, 4.69) is 10.3 Å². The number of amides is 1. The molecule has 130 valence electrons. The Bertz CT molecular complexity index is 818. The zero-order chi connectivity index (χ0) is 17.4. The number of hydrogen-bond acceptors (Lipinski definition) is 4. The van der Waals surface area contributed by atoms with Crippen molar-refractivity contribution in [1.82, 2.24) is 15.2 Å². The van der Waals surface area contributed by atoms with Crippen LogP contribution in [0.25, 0.3) is 11.1 Å². The molecule has 1 fully saturated rings. The molecule has 2 aliphatic heterocycles. The molecule has 1 saturated heterocycles. The van der Waals surface area contributed by atoms with Crippen molar-refractivity contribution in [3.05, 3.63) is 46.7 Å². The summed E-state index contributed by atoms with van der Waals surface area (Å²) in [7, 11) is 0. The monoisotopic (exact) mass is 357 g/mol. The van der Waals surface area contributed by atoms with E-state index in [0.29, 0.717) is 11.4 Å². The van der Waals surface area contributed by atoms with Crippen molar-refractivity contribution in [1.29, 1.82) is 0 Å². The number of hydrogen-bond donors (Lipinski definition) is 1. The van der Waals surface area contributed by atoms with E-state index < -0.39 is 6.10 Å². The third-order valence-electron chi connectivity index (χ3n) is 4.81. The van der Waals surface area contributed by atoms with Gasteiger partial charge in [0.1, 0.15) is 5.75 Å². The van der Waals surface area contributed by atoms with Crippen LogP contribution in [-0.4, -0.2) is 48.1 Å². The maximum atomic E-state index is 12.8. The second-order valence-corrected chi connectivity index (χ2v) is 6.95. The maximum absolute atomic E-state index is 12.8. The van der Waals surface area contributed by atoms with Gasteiger partial charge in [-0.3, -0.25) is 9.78 Å². The van der Waals surface area contributed by atoms with Gasteiger partial charge >= 0.3 is 0 Å². The maximum Gasteiger partial charge on any atom is 0.264 e. The standard InChI is InChI=1S/C19H20ClN3O2/c1-12-11-22-3-2-15(12)16-10-14(20)8-13-9-17(25-18(13)16)19(24)23-6-4-21-5-7-23/h2-3,8,10-11,17,21H,4-7,9H2,1H3/t17-/m0/s1. The summed E-state index contributed by atoms with van der Waals surface area (Å²) in [6.07, 6.45) is 3.68. The molecule has 2 aliphatic rings. The van der Waals surface area contributed by atoms with Gasteiger partial charge in [0.2, 0.25) is 0 Å². The van der Waals surface area contributed by atoms with Crippen molar-refractivity contribution in [3.8, 4) is 16.9 Å². The Morgan fingerprint density at radius 1 is 1.32 bits per heavy atom. The van der Waals surface area contributed by atoms with Gasteiger partial charge in [0, 0.05) is 61.1 Å². The lowest BCUT2D eigenvalue weighted by atomic mass is 9.98. The van der Waals surface area contributed by atoms with E-state index in [1.807, 2.05) is 36.2 Å². The number of carbonyl (C=O) groups is 1. The SMILES string of the molecule is Cc1cnccc1-c1cc(Cl)cc2c1O[C@H](C(=O)N1CCNCC1)C2. The molecule has 0 spiro atoms. The summed E-state index contributed by atoms with van der Waals surface area (Å²) >= 11 is 6.33. The molecule has 0 radical (unpaired) electrons. The second-order valence-electron chi connectivity index (χ2n) is 6.52. The van der Waals surface area contributed by atoms with E-state index in [1.54, 1.807) is 6.20 Å². The molecule has 1 aromatic heterocycles. The van der Waals surface area contributed by atoms with Gasteiger partial charge in [-0.15, -0.1) is 0 Å². The Kier molecular flexibility index (Phi) is 4.36. The molecule has 1 amide bonds. The van der Waals surface area contributed by atoms with Crippen LogP contribution < -0.4 is 10.1 Å². The van der Waals surface area contributed by atoms with Crippen LogP contribution in [0.2, 0.25) is 5.02 Å². The smallest absolute Gasteiger partial charge is 0.264 e. The Morgan fingerprint density at radius 3 is 2.88 bits per heavy atom. The van der Waals surface area contributed by atoms with Gasteiger partial charge in [0.05, 0.1) is 0 Å². The number of rotatable bonds is 2. The number of aryl methyl sites for hydroxylation is 1. The molecule has 5 nitrogen and oxygen atoms in total. The van der Waals surface area contributed by atoms with Gasteiger partial charge in [-0.25, -0.2) is 0 Å².